The Morgan fingerprint density at radius 1 is 1.20 bits per heavy atom. The first-order chi connectivity index (χ1) is 9.78. The minimum Gasteiger partial charge on any atom is -0.469 e. The Hall–Kier alpha value is -1.74. The summed E-state index contributed by atoms with van der Waals surface area (Å²) in [6.07, 6.45) is 3.38. The van der Waals surface area contributed by atoms with Crippen molar-refractivity contribution >= 4 is 17.5 Å². The second-order valence-electron chi connectivity index (χ2n) is 4.69. The number of amides is 1. The van der Waals surface area contributed by atoms with E-state index in [0.29, 0.717) is 18.7 Å². The molecule has 0 aliphatic rings. The Kier molecular flexibility index (Phi) is 5.69. The van der Waals surface area contributed by atoms with E-state index in [1.165, 1.54) is 5.56 Å². The van der Waals surface area contributed by atoms with Crippen molar-refractivity contribution in [1.82, 2.24) is 5.32 Å². The van der Waals surface area contributed by atoms with Crippen LogP contribution in [0.4, 0.5) is 0 Å². The number of carbonyl (C=O) groups excluding carboxylic acids is 1. The van der Waals surface area contributed by atoms with E-state index in [9.17, 15) is 4.79 Å². The van der Waals surface area contributed by atoms with Gasteiger partial charge in [-0.15, -0.1) is 11.6 Å². The van der Waals surface area contributed by atoms with Gasteiger partial charge in [0.25, 0.3) is 0 Å². The number of rotatable bonds is 7. The van der Waals surface area contributed by atoms with Gasteiger partial charge in [-0.1, -0.05) is 30.3 Å². The molecule has 1 aromatic heterocycles. The van der Waals surface area contributed by atoms with Crippen LogP contribution in [0.15, 0.2) is 53.1 Å². The van der Waals surface area contributed by atoms with Crippen LogP contribution in [0.25, 0.3) is 0 Å². The zero-order chi connectivity index (χ0) is 14.2. The molecule has 0 aliphatic carbocycles. The summed E-state index contributed by atoms with van der Waals surface area (Å²) in [5, 5.41) is 2.97. The van der Waals surface area contributed by atoms with Gasteiger partial charge >= 0.3 is 0 Å². The van der Waals surface area contributed by atoms with Crippen LogP contribution in [-0.2, 0) is 17.6 Å². The molecule has 0 aliphatic heterocycles. The molecule has 4 heteroatoms. The second-order valence-corrected chi connectivity index (χ2v) is 5.00. The monoisotopic (exact) mass is 291 g/mol. The lowest BCUT2D eigenvalue weighted by Crippen LogP contribution is -2.37. The Bertz CT molecular complexity index is 511. The molecular formula is C16H18ClNO2. The molecule has 1 N–H and O–H groups in total. The summed E-state index contributed by atoms with van der Waals surface area (Å²) in [4.78, 5) is 11.9. The SMILES string of the molecule is O=C(CCc1ccco1)NC(CCl)Cc1ccccc1. The largest absolute Gasteiger partial charge is 0.469 e. The number of hydrogen-bond acceptors (Lipinski definition) is 2. The summed E-state index contributed by atoms with van der Waals surface area (Å²) < 4.78 is 5.20. The molecule has 0 fully saturated rings. The Morgan fingerprint density at radius 2 is 2.00 bits per heavy atom. The van der Waals surface area contributed by atoms with Gasteiger partial charge in [-0.25, -0.2) is 0 Å². The average molecular weight is 292 g/mol. The van der Waals surface area contributed by atoms with E-state index in [1.807, 2.05) is 42.5 Å². The first-order valence-corrected chi connectivity index (χ1v) is 7.23. The van der Waals surface area contributed by atoms with Gasteiger partial charge in [0.05, 0.1) is 6.26 Å². The topological polar surface area (TPSA) is 42.2 Å². The van der Waals surface area contributed by atoms with Gasteiger partial charge in [-0.05, 0) is 24.1 Å². The van der Waals surface area contributed by atoms with E-state index in [1.54, 1.807) is 6.26 Å². The van der Waals surface area contributed by atoms with Gasteiger partial charge in [0.1, 0.15) is 5.76 Å². The van der Waals surface area contributed by atoms with Crippen LogP contribution in [0.1, 0.15) is 17.7 Å². The maximum Gasteiger partial charge on any atom is 0.220 e. The normalized spacial score (nSPS) is 12.1. The highest BCUT2D eigenvalue weighted by Gasteiger charge is 2.12. The van der Waals surface area contributed by atoms with Crippen molar-refractivity contribution in [3.8, 4) is 0 Å². The summed E-state index contributed by atoms with van der Waals surface area (Å²) in [7, 11) is 0. The molecule has 2 aromatic rings. The van der Waals surface area contributed by atoms with Crippen LogP contribution >= 0.6 is 11.6 Å². The van der Waals surface area contributed by atoms with Gasteiger partial charge < -0.3 is 9.73 Å². The molecule has 1 amide bonds. The van der Waals surface area contributed by atoms with Gasteiger partial charge in [-0.2, -0.15) is 0 Å². The lowest BCUT2D eigenvalue weighted by molar-refractivity contribution is -0.121. The van der Waals surface area contributed by atoms with Crippen molar-refractivity contribution in [1.29, 1.82) is 0 Å². The fourth-order valence-corrected chi connectivity index (χ4v) is 2.22. The molecular weight excluding hydrogens is 274 g/mol. The predicted molar refractivity (Wildman–Crippen MR) is 79.8 cm³/mol. The Morgan fingerprint density at radius 3 is 2.65 bits per heavy atom. The van der Waals surface area contributed by atoms with Crippen molar-refractivity contribution in [2.75, 3.05) is 5.88 Å². The standard InChI is InChI=1S/C16H18ClNO2/c17-12-14(11-13-5-2-1-3-6-13)18-16(19)9-8-15-7-4-10-20-15/h1-7,10,14H,8-9,11-12H2,(H,18,19). The van der Waals surface area contributed by atoms with Gasteiger partial charge in [0, 0.05) is 24.8 Å². The van der Waals surface area contributed by atoms with E-state index in [0.717, 1.165) is 12.2 Å². The van der Waals surface area contributed by atoms with Crippen molar-refractivity contribution in [3.05, 3.63) is 60.1 Å². The lowest BCUT2D eigenvalue weighted by atomic mass is 10.1. The minimum atomic E-state index is -0.0387. The van der Waals surface area contributed by atoms with Crippen LogP contribution in [0.2, 0.25) is 0 Å². The van der Waals surface area contributed by atoms with Crippen LogP contribution in [0, 0.1) is 0 Å². The molecule has 0 saturated carbocycles. The number of benzene rings is 1. The van der Waals surface area contributed by atoms with Crippen LogP contribution in [0.5, 0.6) is 0 Å². The zero-order valence-corrected chi connectivity index (χ0v) is 12.0. The van der Waals surface area contributed by atoms with E-state index in [-0.39, 0.29) is 11.9 Å². The zero-order valence-electron chi connectivity index (χ0n) is 11.2. The number of nitrogens with one attached hydrogen (secondary N) is 1. The van der Waals surface area contributed by atoms with Crippen LogP contribution in [0.3, 0.4) is 0 Å². The molecule has 0 bridgehead atoms. The second kappa shape index (κ2) is 7.75. The number of halogens is 1. The van der Waals surface area contributed by atoms with Crippen molar-refractivity contribution in [3.63, 3.8) is 0 Å². The molecule has 0 spiro atoms. The van der Waals surface area contributed by atoms with Crippen molar-refractivity contribution in [2.45, 2.75) is 25.3 Å². The highest BCUT2D eigenvalue weighted by molar-refractivity contribution is 6.18. The van der Waals surface area contributed by atoms with Gasteiger partial charge in [-0.3, -0.25) is 4.79 Å². The molecule has 2 rings (SSSR count). The smallest absolute Gasteiger partial charge is 0.220 e. The van der Waals surface area contributed by atoms with E-state index >= 15 is 0 Å². The molecule has 0 saturated heterocycles. The highest BCUT2D eigenvalue weighted by atomic mass is 35.5. The quantitative estimate of drug-likeness (QED) is 0.796. The summed E-state index contributed by atoms with van der Waals surface area (Å²) >= 11 is 5.93. The summed E-state index contributed by atoms with van der Waals surface area (Å²) in [6, 6.07) is 13.7. The molecule has 0 radical (unpaired) electrons. The molecule has 106 valence electrons. The van der Waals surface area contributed by atoms with Crippen molar-refractivity contribution < 1.29 is 9.21 Å². The number of alkyl halides is 1. The summed E-state index contributed by atoms with van der Waals surface area (Å²) in [5.74, 6) is 1.23. The first kappa shape index (κ1) is 14.7. The molecule has 1 heterocycles. The Labute approximate surface area is 123 Å². The predicted octanol–water partition coefficient (Wildman–Crippen LogP) is 3.18. The fourth-order valence-electron chi connectivity index (χ4n) is 2.03. The molecule has 20 heavy (non-hydrogen) atoms. The first-order valence-electron chi connectivity index (χ1n) is 6.69. The third kappa shape index (κ3) is 4.74. The summed E-state index contributed by atoms with van der Waals surface area (Å²) in [5.41, 5.74) is 1.17. The molecule has 1 atom stereocenters. The van der Waals surface area contributed by atoms with Crippen molar-refractivity contribution in [2.24, 2.45) is 0 Å². The Balaban J connectivity index is 1.79. The molecule has 3 nitrogen and oxygen atoms in total. The van der Waals surface area contributed by atoms with Gasteiger partial charge in [0.2, 0.25) is 5.91 Å². The third-order valence-corrected chi connectivity index (χ3v) is 3.43. The minimum absolute atomic E-state index is 0.00276. The fraction of sp³-hybridized carbons (Fsp3) is 0.312. The molecule has 1 unspecified atom stereocenters. The van der Waals surface area contributed by atoms with Gasteiger partial charge in [0.15, 0.2) is 0 Å². The average Bonchev–Trinajstić information content (AvgIpc) is 2.99. The number of aryl methyl sites for hydroxylation is 1. The van der Waals surface area contributed by atoms with E-state index in [2.05, 4.69) is 5.32 Å². The van der Waals surface area contributed by atoms with Crippen LogP contribution in [-0.4, -0.2) is 17.8 Å². The number of carbonyl (C=O) groups is 1. The molecule has 1 aromatic carbocycles. The number of hydrogen-bond donors (Lipinski definition) is 1. The third-order valence-electron chi connectivity index (χ3n) is 3.05. The lowest BCUT2D eigenvalue weighted by Gasteiger charge is -2.16. The maximum absolute atomic E-state index is 11.9. The highest BCUT2D eigenvalue weighted by Crippen LogP contribution is 2.06. The summed E-state index contributed by atoms with van der Waals surface area (Å²) in [6.45, 7) is 0. The van der Waals surface area contributed by atoms with Crippen LogP contribution < -0.4 is 5.32 Å². The number of furan rings is 1. The van der Waals surface area contributed by atoms with E-state index in [4.69, 9.17) is 16.0 Å². The van der Waals surface area contributed by atoms with E-state index < -0.39 is 0 Å². The maximum atomic E-state index is 11.9.